The molecule has 0 amide bonds. The van der Waals surface area contributed by atoms with Crippen LogP contribution in [0.5, 0.6) is 0 Å². The number of pyridine rings is 1. The molecule has 1 aliphatic rings. The van der Waals surface area contributed by atoms with Gasteiger partial charge in [0.05, 0.1) is 16.2 Å². The average Bonchev–Trinajstić information content (AvgIpc) is 3.11. The molecule has 3 heterocycles. The zero-order valence-corrected chi connectivity index (χ0v) is 13.9. The third-order valence-electron chi connectivity index (χ3n) is 4.78. The number of rotatable bonds is 3. The first-order valence-corrected chi connectivity index (χ1v) is 8.40. The van der Waals surface area contributed by atoms with Crippen LogP contribution in [0.25, 0.3) is 5.65 Å². The lowest BCUT2D eigenvalue weighted by molar-refractivity contribution is -0.384. The van der Waals surface area contributed by atoms with Crippen molar-refractivity contribution in [2.75, 3.05) is 18.0 Å². The highest BCUT2D eigenvalue weighted by molar-refractivity contribution is 5.63. The van der Waals surface area contributed by atoms with Crippen molar-refractivity contribution in [3.8, 4) is 6.07 Å². The second kappa shape index (κ2) is 6.44. The summed E-state index contributed by atoms with van der Waals surface area (Å²) in [7, 11) is 0. The number of nitro groups is 1. The molecule has 1 aliphatic heterocycles. The fourth-order valence-corrected chi connectivity index (χ4v) is 3.55. The highest BCUT2D eigenvalue weighted by Gasteiger charge is 2.27. The van der Waals surface area contributed by atoms with Gasteiger partial charge in [0.2, 0.25) is 0 Å². The second-order valence-electron chi connectivity index (χ2n) is 6.34. The lowest BCUT2D eigenvalue weighted by atomic mass is 9.96. The first-order valence-electron chi connectivity index (χ1n) is 8.40. The Morgan fingerprint density at radius 3 is 2.96 bits per heavy atom. The van der Waals surface area contributed by atoms with Crippen LogP contribution in [-0.4, -0.2) is 32.6 Å². The average molecular weight is 348 g/mol. The quantitative estimate of drug-likeness (QED) is 0.533. The van der Waals surface area contributed by atoms with Crippen LogP contribution in [0.2, 0.25) is 0 Å². The fraction of sp³-hybridized carbons (Fsp3) is 0.278. The van der Waals surface area contributed by atoms with Gasteiger partial charge in [-0.3, -0.25) is 14.5 Å². The zero-order chi connectivity index (χ0) is 18.1. The lowest BCUT2D eigenvalue weighted by Gasteiger charge is -2.34. The minimum atomic E-state index is -0.480. The lowest BCUT2D eigenvalue weighted by Crippen LogP contribution is -2.35. The van der Waals surface area contributed by atoms with E-state index in [1.807, 2.05) is 28.8 Å². The van der Waals surface area contributed by atoms with E-state index >= 15 is 0 Å². The summed E-state index contributed by atoms with van der Waals surface area (Å²) in [5, 5.41) is 29.0. The van der Waals surface area contributed by atoms with E-state index in [9.17, 15) is 15.4 Å². The third-order valence-corrected chi connectivity index (χ3v) is 4.78. The van der Waals surface area contributed by atoms with Gasteiger partial charge in [-0.05, 0) is 31.0 Å². The number of benzene rings is 1. The minimum Gasteiger partial charge on any atom is -0.370 e. The number of hydrogen-bond acceptors (Lipinski definition) is 6. The second-order valence-corrected chi connectivity index (χ2v) is 6.34. The molecule has 1 fully saturated rings. The van der Waals surface area contributed by atoms with Crippen molar-refractivity contribution < 1.29 is 4.92 Å². The Morgan fingerprint density at radius 2 is 2.15 bits per heavy atom. The van der Waals surface area contributed by atoms with Gasteiger partial charge in [-0.25, -0.2) is 0 Å². The highest BCUT2D eigenvalue weighted by atomic mass is 16.6. The summed E-state index contributed by atoms with van der Waals surface area (Å²) in [6.07, 6.45) is 3.89. The van der Waals surface area contributed by atoms with Gasteiger partial charge in [-0.15, -0.1) is 10.2 Å². The van der Waals surface area contributed by atoms with Gasteiger partial charge in [0.15, 0.2) is 5.65 Å². The Labute approximate surface area is 149 Å². The Balaban J connectivity index is 1.65. The van der Waals surface area contributed by atoms with E-state index in [2.05, 4.69) is 21.2 Å². The van der Waals surface area contributed by atoms with E-state index in [1.165, 1.54) is 12.1 Å². The topological polar surface area (TPSA) is 100 Å². The van der Waals surface area contributed by atoms with Gasteiger partial charge < -0.3 is 4.90 Å². The van der Waals surface area contributed by atoms with Gasteiger partial charge in [0.1, 0.15) is 11.9 Å². The van der Waals surface area contributed by atoms with Crippen molar-refractivity contribution in [3.63, 3.8) is 0 Å². The van der Waals surface area contributed by atoms with E-state index in [4.69, 9.17) is 0 Å². The molecule has 3 aromatic rings. The van der Waals surface area contributed by atoms with Gasteiger partial charge >= 0.3 is 0 Å². The van der Waals surface area contributed by atoms with E-state index in [1.54, 1.807) is 6.07 Å². The van der Waals surface area contributed by atoms with Crippen LogP contribution >= 0.6 is 0 Å². The van der Waals surface area contributed by atoms with Crippen molar-refractivity contribution >= 4 is 17.0 Å². The third kappa shape index (κ3) is 2.73. The molecule has 1 unspecified atom stereocenters. The van der Waals surface area contributed by atoms with Crippen LogP contribution in [0.3, 0.4) is 0 Å². The summed E-state index contributed by atoms with van der Waals surface area (Å²) in [4.78, 5) is 12.6. The summed E-state index contributed by atoms with van der Waals surface area (Å²) in [6, 6.07) is 12.3. The molecular formula is C18H16N6O2. The molecule has 0 radical (unpaired) electrons. The molecule has 4 rings (SSSR count). The van der Waals surface area contributed by atoms with Gasteiger partial charge in [-0.1, -0.05) is 6.07 Å². The number of anilines is 1. The van der Waals surface area contributed by atoms with Gasteiger partial charge in [0.25, 0.3) is 5.69 Å². The summed E-state index contributed by atoms with van der Waals surface area (Å²) >= 11 is 0. The predicted molar refractivity (Wildman–Crippen MR) is 95.0 cm³/mol. The maximum absolute atomic E-state index is 11.0. The number of nitro benzene ring substituents is 1. The predicted octanol–water partition coefficient (Wildman–Crippen LogP) is 2.89. The molecule has 0 aliphatic carbocycles. The number of fused-ring (bicyclic) bond motifs is 1. The normalized spacial score (nSPS) is 17.2. The molecule has 8 nitrogen and oxygen atoms in total. The maximum atomic E-state index is 11.0. The van der Waals surface area contributed by atoms with Gasteiger partial charge in [-0.2, -0.15) is 5.26 Å². The molecule has 26 heavy (non-hydrogen) atoms. The smallest absolute Gasteiger partial charge is 0.270 e. The fourth-order valence-electron chi connectivity index (χ4n) is 3.55. The molecule has 0 saturated carbocycles. The molecule has 0 bridgehead atoms. The first kappa shape index (κ1) is 16.0. The standard InChI is InChI=1S/C18H16N6O2/c19-11-14-10-15(24(25)26)6-7-16(14)22-8-3-4-13(12-22)18-21-20-17-5-1-2-9-23(17)18/h1-2,5-7,9-10,13H,3-4,8,12H2. The maximum Gasteiger partial charge on any atom is 0.270 e. The van der Waals surface area contributed by atoms with E-state index in [-0.39, 0.29) is 11.6 Å². The highest BCUT2D eigenvalue weighted by Crippen LogP contribution is 2.32. The summed E-state index contributed by atoms with van der Waals surface area (Å²) in [5.74, 6) is 1.09. The van der Waals surface area contributed by atoms with Crippen LogP contribution in [0.4, 0.5) is 11.4 Å². The van der Waals surface area contributed by atoms with E-state index in [0.717, 1.165) is 36.5 Å². The Morgan fingerprint density at radius 1 is 1.27 bits per heavy atom. The van der Waals surface area contributed by atoms with Crippen molar-refractivity contribution in [2.24, 2.45) is 0 Å². The number of nitriles is 1. The number of non-ortho nitro benzene ring substituents is 1. The first-order chi connectivity index (χ1) is 12.7. The van der Waals surface area contributed by atoms with E-state index < -0.39 is 4.92 Å². The largest absolute Gasteiger partial charge is 0.370 e. The molecule has 1 atom stereocenters. The molecular weight excluding hydrogens is 332 g/mol. The van der Waals surface area contributed by atoms with Crippen LogP contribution in [0.15, 0.2) is 42.6 Å². The molecule has 2 aromatic heterocycles. The minimum absolute atomic E-state index is 0.0673. The number of nitrogens with zero attached hydrogens (tertiary/aromatic N) is 6. The Hall–Kier alpha value is -3.47. The van der Waals surface area contributed by atoms with Crippen molar-refractivity contribution in [1.82, 2.24) is 14.6 Å². The van der Waals surface area contributed by atoms with E-state index in [0.29, 0.717) is 12.1 Å². The van der Waals surface area contributed by atoms with Crippen LogP contribution in [0.1, 0.15) is 30.1 Å². The van der Waals surface area contributed by atoms with Crippen molar-refractivity contribution in [2.45, 2.75) is 18.8 Å². The van der Waals surface area contributed by atoms with Crippen LogP contribution < -0.4 is 4.90 Å². The number of aromatic nitrogens is 3. The Bertz CT molecular complexity index is 1020. The van der Waals surface area contributed by atoms with Gasteiger partial charge in [0, 0.05) is 37.3 Å². The molecule has 1 saturated heterocycles. The molecule has 0 N–H and O–H groups in total. The molecule has 8 heteroatoms. The summed E-state index contributed by atoms with van der Waals surface area (Å²) in [6.45, 7) is 1.50. The SMILES string of the molecule is N#Cc1cc([N+](=O)[O-])ccc1N1CCCC(c2nnc3ccccn23)C1. The zero-order valence-electron chi connectivity index (χ0n) is 13.9. The molecule has 130 valence electrons. The molecule has 0 spiro atoms. The summed E-state index contributed by atoms with van der Waals surface area (Å²) < 4.78 is 2.00. The number of hydrogen-bond donors (Lipinski definition) is 0. The molecule has 1 aromatic carbocycles. The number of piperidine rings is 1. The van der Waals surface area contributed by atoms with Crippen molar-refractivity contribution in [3.05, 3.63) is 64.1 Å². The monoisotopic (exact) mass is 348 g/mol. The van der Waals surface area contributed by atoms with Crippen LogP contribution in [-0.2, 0) is 0 Å². The Kier molecular flexibility index (Phi) is 3.97. The van der Waals surface area contributed by atoms with Crippen LogP contribution in [0, 0.1) is 21.4 Å². The summed E-state index contributed by atoms with van der Waals surface area (Å²) in [5.41, 5.74) is 1.80. The van der Waals surface area contributed by atoms with Crippen molar-refractivity contribution in [1.29, 1.82) is 5.26 Å².